The van der Waals surface area contributed by atoms with Gasteiger partial charge in [0.15, 0.2) is 0 Å². The fourth-order valence-corrected chi connectivity index (χ4v) is 3.51. The maximum absolute atomic E-state index is 11.6. The molecule has 5 nitrogen and oxygen atoms in total. The molecule has 0 aliphatic rings. The average Bonchev–Trinajstić information content (AvgIpc) is 2.56. The van der Waals surface area contributed by atoms with Crippen molar-refractivity contribution in [2.45, 2.75) is 0 Å². The highest BCUT2D eigenvalue weighted by Gasteiger charge is 2.18. The molecule has 0 aliphatic carbocycles. The SMILES string of the molecule is CS(=O)(=O)n1cc(I)c2c(C(=O)O)cccc21. The molecule has 0 saturated carbocycles. The zero-order valence-corrected chi connectivity index (χ0v) is 11.7. The van der Waals surface area contributed by atoms with Gasteiger partial charge in [-0.1, -0.05) is 6.07 Å². The van der Waals surface area contributed by atoms with Crippen LogP contribution in [0.1, 0.15) is 10.4 Å². The molecule has 1 aromatic heterocycles. The van der Waals surface area contributed by atoms with Crippen molar-refractivity contribution >= 4 is 49.5 Å². The molecule has 0 bridgehead atoms. The molecule has 0 fully saturated rings. The quantitative estimate of drug-likeness (QED) is 0.823. The van der Waals surface area contributed by atoms with E-state index in [1.54, 1.807) is 6.07 Å². The number of carboxylic acids is 1. The standard InChI is InChI=1S/C10H8INO4S/c1-17(15,16)12-5-7(11)9-6(10(13)14)3-2-4-8(9)12/h2-5H,1H3,(H,13,14). The molecule has 17 heavy (non-hydrogen) atoms. The third-order valence-corrected chi connectivity index (χ3v) is 4.17. The monoisotopic (exact) mass is 365 g/mol. The lowest BCUT2D eigenvalue weighted by Crippen LogP contribution is -2.08. The second-order valence-electron chi connectivity index (χ2n) is 3.54. The summed E-state index contributed by atoms with van der Waals surface area (Å²) in [5.41, 5.74) is 0.492. The average molecular weight is 365 g/mol. The Bertz CT molecular complexity index is 717. The lowest BCUT2D eigenvalue weighted by Gasteiger charge is -2.02. The highest BCUT2D eigenvalue weighted by molar-refractivity contribution is 14.1. The minimum absolute atomic E-state index is 0.106. The number of aromatic carboxylic acids is 1. The van der Waals surface area contributed by atoms with E-state index in [0.717, 1.165) is 10.2 Å². The van der Waals surface area contributed by atoms with E-state index in [9.17, 15) is 13.2 Å². The fraction of sp³-hybridized carbons (Fsp3) is 0.100. The van der Waals surface area contributed by atoms with Gasteiger partial charge in [0.1, 0.15) is 0 Å². The van der Waals surface area contributed by atoms with Crippen LogP contribution in [0, 0.1) is 3.57 Å². The Morgan fingerprint density at radius 3 is 2.59 bits per heavy atom. The summed E-state index contributed by atoms with van der Waals surface area (Å²) in [6.45, 7) is 0. The predicted molar refractivity (Wildman–Crippen MR) is 71.9 cm³/mol. The van der Waals surface area contributed by atoms with Gasteiger partial charge in [-0.05, 0) is 34.7 Å². The Kier molecular flexibility index (Phi) is 2.90. The van der Waals surface area contributed by atoms with Gasteiger partial charge in [0.05, 0.1) is 17.3 Å². The molecule has 2 aromatic rings. The molecule has 1 aromatic carbocycles. The number of nitrogens with zero attached hydrogens (tertiary/aromatic N) is 1. The zero-order valence-electron chi connectivity index (χ0n) is 8.71. The van der Waals surface area contributed by atoms with Crippen molar-refractivity contribution in [3.63, 3.8) is 0 Å². The number of hydrogen-bond donors (Lipinski definition) is 1. The molecule has 0 saturated heterocycles. The largest absolute Gasteiger partial charge is 0.478 e. The van der Waals surface area contributed by atoms with Crippen LogP contribution in [0.5, 0.6) is 0 Å². The van der Waals surface area contributed by atoms with Crippen molar-refractivity contribution in [3.05, 3.63) is 33.5 Å². The first-order valence-corrected chi connectivity index (χ1v) is 7.48. The number of rotatable bonds is 2. The molecule has 2 rings (SSSR count). The Balaban J connectivity index is 2.97. The van der Waals surface area contributed by atoms with Crippen molar-refractivity contribution in [2.24, 2.45) is 0 Å². The first-order valence-electron chi connectivity index (χ1n) is 4.56. The minimum atomic E-state index is -3.43. The third-order valence-electron chi connectivity index (χ3n) is 2.34. The van der Waals surface area contributed by atoms with Crippen LogP contribution < -0.4 is 0 Å². The maximum atomic E-state index is 11.6. The smallest absolute Gasteiger partial charge is 0.336 e. The van der Waals surface area contributed by atoms with Crippen LogP contribution in [-0.2, 0) is 10.0 Å². The van der Waals surface area contributed by atoms with Gasteiger partial charge in [-0.3, -0.25) is 0 Å². The van der Waals surface area contributed by atoms with Crippen LogP contribution in [0.4, 0.5) is 0 Å². The number of hydrogen-bond acceptors (Lipinski definition) is 3. The molecular formula is C10H8INO4S. The fourth-order valence-electron chi connectivity index (χ4n) is 1.66. The molecule has 0 aliphatic heterocycles. The van der Waals surface area contributed by atoms with Gasteiger partial charge in [-0.25, -0.2) is 17.2 Å². The second kappa shape index (κ2) is 3.98. The molecule has 7 heteroatoms. The maximum Gasteiger partial charge on any atom is 0.336 e. The van der Waals surface area contributed by atoms with E-state index in [0.29, 0.717) is 14.5 Å². The van der Waals surface area contributed by atoms with Crippen LogP contribution in [0.2, 0.25) is 0 Å². The lowest BCUT2D eigenvalue weighted by atomic mass is 10.1. The van der Waals surface area contributed by atoms with Gasteiger partial charge >= 0.3 is 5.97 Å². The van der Waals surface area contributed by atoms with E-state index in [-0.39, 0.29) is 5.56 Å². The van der Waals surface area contributed by atoms with Crippen LogP contribution in [-0.4, -0.2) is 29.7 Å². The second-order valence-corrected chi connectivity index (χ2v) is 6.56. The van der Waals surface area contributed by atoms with E-state index in [1.807, 2.05) is 22.6 Å². The highest BCUT2D eigenvalue weighted by atomic mass is 127. The van der Waals surface area contributed by atoms with E-state index >= 15 is 0 Å². The van der Waals surface area contributed by atoms with Crippen LogP contribution in [0.15, 0.2) is 24.4 Å². The number of carbonyl (C=O) groups is 1. The Hall–Kier alpha value is -1.09. The van der Waals surface area contributed by atoms with Crippen LogP contribution >= 0.6 is 22.6 Å². The van der Waals surface area contributed by atoms with E-state index in [2.05, 4.69) is 0 Å². The number of aromatic nitrogens is 1. The summed E-state index contributed by atoms with van der Waals surface area (Å²) in [4.78, 5) is 11.1. The molecule has 0 radical (unpaired) electrons. The zero-order chi connectivity index (χ0) is 12.8. The molecule has 0 unspecified atom stereocenters. The van der Waals surface area contributed by atoms with Gasteiger partial charge in [-0.2, -0.15) is 0 Å². The highest BCUT2D eigenvalue weighted by Crippen LogP contribution is 2.27. The first kappa shape index (κ1) is 12.4. The van der Waals surface area contributed by atoms with Gasteiger partial charge in [0, 0.05) is 15.2 Å². The van der Waals surface area contributed by atoms with Gasteiger partial charge in [-0.15, -0.1) is 0 Å². The Morgan fingerprint density at radius 1 is 1.41 bits per heavy atom. The Labute approximate surface area is 111 Å². The van der Waals surface area contributed by atoms with Crippen LogP contribution in [0.25, 0.3) is 10.9 Å². The van der Waals surface area contributed by atoms with Gasteiger partial charge < -0.3 is 5.11 Å². The van der Waals surface area contributed by atoms with Crippen LogP contribution in [0.3, 0.4) is 0 Å². The summed E-state index contributed by atoms with van der Waals surface area (Å²) >= 11 is 1.93. The van der Waals surface area contributed by atoms with Crippen molar-refractivity contribution in [1.29, 1.82) is 0 Å². The molecule has 90 valence electrons. The summed E-state index contributed by atoms with van der Waals surface area (Å²) < 4.78 is 24.8. The van der Waals surface area contributed by atoms with E-state index in [4.69, 9.17) is 5.11 Å². The molecule has 1 heterocycles. The predicted octanol–water partition coefficient (Wildman–Crippen LogP) is 1.75. The lowest BCUT2D eigenvalue weighted by molar-refractivity contribution is 0.0699. The summed E-state index contributed by atoms with van der Waals surface area (Å²) in [5.74, 6) is -1.07. The van der Waals surface area contributed by atoms with E-state index < -0.39 is 16.0 Å². The topological polar surface area (TPSA) is 76.4 Å². The summed E-state index contributed by atoms with van der Waals surface area (Å²) in [6, 6.07) is 4.58. The van der Waals surface area contributed by atoms with Gasteiger partial charge in [0.25, 0.3) is 0 Å². The normalized spacial score (nSPS) is 11.9. The van der Waals surface area contributed by atoms with Crippen molar-refractivity contribution in [1.82, 2.24) is 3.97 Å². The number of benzene rings is 1. The number of carboxylic acid groups (broad SMARTS) is 1. The minimum Gasteiger partial charge on any atom is -0.478 e. The molecule has 1 N–H and O–H groups in total. The molecular weight excluding hydrogens is 357 g/mol. The van der Waals surface area contributed by atoms with Gasteiger partial charge in [0.2, 0.25) is 10.0 Å². The molecule has 0 atom stereocenters. The summed E-state index contributed by atoms with van der Waals surface area (Å²) in [7, 11) is -3.43. The summed E-state index contributed by atoms with van der Waals surface area (Å²) in [6.07, 6.45) is 2.50. The summed E-state index contributed by atoms with van der Waals surface area (Å²) in [5, 5.41) is 9.51. The molecule has 0 amide bonds. The number of fused-ring (bicyclic) bond motifs is 1. The van der Waals surface area contributed by atoms with Crippen molar-refractivity contribution in [2.75, 3.05) is 6.26 Å². The van der Waals surface area contributed by atoms with E-state index in [1.165, 1.54) is 18.3 Å². The number of halogens is 1. The first-order chi connectivity index (χ1) is 7.82. The Morgan fingerprint density at radius 2 is 2.06 bits per heavy atom. The molecule has 0 spiro atoms. The third kappa shape index (κ3) is 2.04. The van der Waals surface area contributed by atoms with Crippen molar-refractivity contribution in [3.8, 4) is 0 Å². The van der Waals surface area contributed by atoms with Crippen molar-refractivity contribution < 1.29 is 18.3 Å².